The summed E-state index contributed by atoms with van der Waals surface area (Å²) in [6, 6.07) is 14.8. The van der Waals surface area contributed by atoms with Crippen LogP contribution in [0.3, 0.4) is 0 Å². The summed E-state index contributed by atoms with van der Waals surface area (Å²) in [6.07, 6.45) is 0. The molecular weight excluding hydrogens is 306 g/mol. The molecule has 0 N–H and O–H groups in total. The molecule has 0 aliphatic rings. The van der Waals surface area contributed by atoms with E-state index in [4.69, 9.17) is 9.25 Å². The summed E-state index contributed by atoms with van der Waals surface area (Å²) >= 11 is 0. The summed E-state index contributed by atoms with van der Waals surface area (Å²) in [7, 11) is 3.00. The third-order valence-corrected chi connectivity index (χ3v) is 3.63. The minimum atomic E-state index is -0.227. The summed E-state index contributed by atoms with van der Waals surface area (Å²) in [5.41, 5.74) is 3.26. The molecule has 1 aromatic heterocycles. The lowest BCUT2D eigenvalue weighted by molar-refractivity contribution is -0.0756. The van der Waals surface area contributed by atoms with Crippen molar-refractivity contribution in [2.24, 2.45) is 0 Å². The van der Waals surface area contributed by atoms with Crippen molar-refractivity contribution in [1.29, 1.82) is 0 Å². The van der Waals surface area contributed by atoms with Crippen LogP contribution >= 0.6 is 0 Å². The monoisotopic (exact) mass is 323 g/mol. The third kappa shape index (κ3) is 3.18. The first-order chi connectivity index (χ1) is 11.6. The number of hydrogen-bond acceptors (Lipinski definition) is 5. The zero-order valence-corrected chi connectivity index (χ0v) is 13.7. The van der Waals surface area contributed by atoms with Gasteiger partial charge in [0.05, 0.1) is 7.11 Å². The highest BCUT2D eigenvalue weighted by molar-refractivity contribution is 5.93. The molecule has 6 heteroatoms. The second-order valence-electron chi connectivity index (χ2n) is 5.34. The zero-order valence-electron chi connectivity index (χ0n) is 13.7. The average molecular weight is 323 g/mol. The summed E-state index contributed by atoms with van der Waals surface area (Å²) in [4.78, 5) is 16.9. The Kier molecular flexibility index (Phi) is 4.39. The Bertz CT molecular complexity index is 856. The third-order valence-electron chi connectivity index (χ3n) is 3.63. The lowest BCUT2D eigenvalue weighted by atomic mass is 10.1. The molecule has 0 saturated carbocycles. The molecule has 122 valence electrons. The summed E-state index contributed by atoms with van der Waals surface area (Å²) < 4.78 is 5.74. The van der Waals surface area contributed by atoms with Crippen LogP contribution in [0, 0.1) is 6.92 Å². The number of carbonyl (C=O) groups is 1. The Balaban J connectivity index is 1.84. The van der Waals surface area contributed by atoms with E-state index in [0.717, 1.165) is 21.8 Å². The first-order valence-corrected chi connectivity index (χ1v) is 7.41. The number of aromatic nitrogens is 2. The first-order valence-electron chi connectivity index (χ1n) is 7.41. The standard InChI is InChI=1S/C18H17N3O3/c1-12-5-4-6-15(11-12)17-20-19-16(24-17)13-7-9-14(10-8-13)18(22)21(2)23-3/h4-11H,1-3H3. The van der Waals surface area contributed by atoms with E-state index in [9.17, 15) is 4.79 Å². The van der Waals surface area contributed by atoms with E-state index in [2.05, 4.69) is 10.2 Å². The topological polar surface area (TPSA) is 68.5 Å². The lowest BCUT2D eigenvalue weighted by Gasteiger charge is -2.13. The molecule has 0 fully saturated rings. The molecule has 0 radical (unpaired) electrons. The van der Waals surface area contributed by atoms with Gasteiger partial charge in [-0.1, -0.05) is 17.7 Å². The molecule has 0 aliphatic heterocycles. The Morgan fingerprint density at radius 2 is 1.71 bits per heavy atom. The van der Waals surface area contributed by atoms with Crippen molar-refractivity contribution in [1.82, 2.24) is 15.3 Å². The highest BCUT2D eigenvalue weighted by Gasteiger charge is 2.14. The number of hydroxylamine groups is 2. The maximum absolute atomic E-state index is 12.0. The molecule has 2 aromatic carbocycles. The number of amides is 1. The van der Waals surface area contributed by atoms with Crippen LogP contribution in [0.25, 0.3) is 22.9 Å². The van der Waals surface area contributed by atoms with E-state index in [1.165, 1.54) is 7.11 Å². The van der Waals surface area contributed by atoms with E-state index >= 15 is 0 Å². The molecule has 0 aliphatic carbocycles. The zero-order chi connectivity index (χ0) is 17.1. The van der Waals surface area contributed by atoms with Gasteiger partial charge in [0.25, 0.3) is 5.91 Å². The molecule has 0 unspecified atom stereocenters. The molecule has 6 nitrogen and oxygen atoms in total. The first kappa shape index (κ1) is 15.9. The summed E-state index contributed by atoms with van der Waals surface area (Å²) in [6.45, 7) is 2.01. The minimum Gasteiger partial charge on any atom is -0.416 e. The Morgan fingerprint density at radius 3 is 2.33 bits per heavy atom. The van der Waals surface area contributed by atoms with Gasteiger partial charge in [-0.15, -0.1) is 10.2 Å². The van der Waals surface area contributed by atoms with Crippen LogP contribution in [-0.4, -0.2) is 35.3 Å². The normalized spacial score (nSPS) is 10.6. The Hall–Kier alpha value is -2.99. The number of aryl methyl sites for hydroxylation is 1. The number of nitrogens with zero attached hydrogens (tertiary/aromatic N) is 3. The minimum absolute atomic E-state index is 0.227. The van der Waals surface area contributed by atoms with E-state index in [1.54, 1.807) is 31.3 Å². The van der Waals surface area contributed by atoms with Crippen molar-refractivity contribution in [3.63, 3.8) is 0 Å². The van der Waals surface area contributed by atoms with Gasteiger partial charge in [-0.05, 0) is 43.3 Å². The van der Waals surface area contributed by atoms with Crippen molar-refractivity contribution in [2.45, 2.75) is 6.92 Å². The number of carbonyl (C=O) groups excluding carboxylic acids is 1. The highest BCUT2D eigenvalue weighted by atomic mass is 16.7. The smallest absolute Gasteiger partial charge is 0.277 e. The van der Waals surface area contributed by atoms with Crippen molar-refractivity contribution in [3.05, 3.63) is 59.7 Å². The second-order valence-corrected chi connectivity index (χ2v) is 5.34. The van der Waals surface area contributed by atoms with Gasteiger partial charge in [0, 0.05) is 23.7 Å². The highest BCUT2D eigenvalue weighted by Crippen LogP contribution is 2.24. The van der Waals surface area contributed by atoms with Crippen LogP contribution in [0.15, 0.2) is 52.9 Å². The molecule has 0 saturated heterocycles. The summed E-state index contributed by atoms with van der Waals surface area (Å²) in [5.74, 6) is 0.647. The largest absolute Gasteiger partial charge is 0.416 e. The van der Waals surface area contributed by atoms with Crippen LogP contribution in [0.1, 0.15) is 15.9 Å². The van der Waals surface area contributed by atoms with E-state index in [0.29, 0.717) is 17.3 Å². The van der Waals surface area contributed by atoms with Crippen LogP contribution < -0.4 is 0 Å². The SMILES string of the molecule is CON(C)C(=O)c1ccc(-c2nnc(-c3cccc(C)c3)o2)cc1. The van der Waals surface area contributed by atoms with Crippen molar-refractivity contribution in [2.75, 3.05) is 14.2 Å². The van der Waals surface area contributed by atoms with Gasteiger partial charge < -0.3 is 4.42 Å². The molecule has 0 spiro atoms. The Morgan fingerprint density at radius 1 is 1.04 bits per heavy atom. The van der Waals surface area contributed by atoms with Crippen molar-refractivity contribution >= 4 is 5.91 Å². The second kappa shape index (κ2) is 6.64. The van der Waals surface area contributed by atoms with Gasteiger partial charge in [-0.2, -0.15) is 0 Å². The number of rotatable bonds is 4. The van der Waals surface area contributed by atoms with Crippen LogP contribution in [0.4, 0.5) is 0 Å². The van der Waals surface area contributed by atoms with Gasteiger partial charge in [-0.25, -0.2) is 5.06 Å². The molecule has 24 heavy (non-hydrogen) atoms. The molecular formula is C18H17N3O3. The maximum atomic E-state index is 12.0. The van der Waals surface area contributed by atoms with Gasteiger partial charge >= 0.3 is 0 Å². The summed E-state index contributed by atoms with van der Waals surface area (Å²) in [5, 5.41) is 9.34. The predicted octanol–water partition coefficient (Wildman–Crippen LogP) is 3.35. The molecule has 1 heterocycles. The fourth-order valence-corrected chi connectivity index (χ4v) is 2.25. The number of hydrogen-bond donors (Lipinski definition) is 0. The molecule has 3 rings (SSSR count). The quantitative estimate of drug-likeness (QED) is 0.689. The molecule has 0 bridgehead atoms. The lowest BCUT2D eigenvalue weighted by Crippen LogP contribution is -2.25. The molecule has 1 amide bonds. The van der Waals surface area contributed by atoms with E-state index < -0.39 is 0 Å². The Labute approximate surface area is 139 Å². The van der Waals surface area contributed by atoms with Gasteiger partial charge in [0.15, 0.2) is 0 Å². The maximum Gasteiger partial charge on any atom is 0.277 e. The van der Waals surface area contributed by atoms with Gasteiger partial charge in [0.2, 0.25) is 11.8 Å². The van der Waals surface area contributed by atoms with Crippen LogP contribution in [0.2, 0.25) is 0 Å². The fraction of sp³-hybridized carbons (Fsp3) is 0.167. The average Bonchev–Trinajstić information content (AvgIpc) is 3.10. The molecule has 3 aromatic rings. The van der Waals surface area contributed by atoms with Gasteiger partial charge in [0.1, 0.15) is 0 Å². The van der Waals surface area contributed by atoms with Gasteiger partial charge in [-0.3, -0.25) is 9.63 Å². The van der Waals surface area contributed by atoms with Crippen molar-refractivity contribution in [3.8, 4) is 22.9 Å². The fourth-order valence-electron chi connectivity index (χ4n) is 2.25. The van der Waals surface area contributed by atoms with Crippen molar-refractivity contribution < 1.29 is 14.0 Å². The predicted molar refractivity (Wildman–Crippen MR) is 89.0 cm³/mol. The van der Waals surface area contributed by atoms with Crippen LogP contribution in [-0.2, 0) is 4.84 Å². The van der Waals surface area contributed by atoms with E-state index in [1.807, 2.05) is 31.2 Å². The van der Waals surface area contributed by atoms with Crippen LogP contribution in [0.5, 0.6) is 0 Å². The molecule has 0 atom stereocenters. The van der Waals surface area contributed by atoms with E-state index in [-0.39, 0.29) is 5.91 Å². The number of benzene rings is 2.